The van der Waals surface area contributed by atoms with Gasteiger partial charge in [-0.15, -0.1) is 12.4 Å². The Balaban J connectivity index is 0.00000225. The number of benzene rings is 1. The number of carbonyl (C=O) groups excluding carboxylic acids is 2. The van der Waals surface area contributed by atoms with Crippen LogP contribution in [-0.4, -0.2) is 35.3 Å². The second-order valence-corrected chi connectivity index (χ2v) is 6.93. The van der Waals surface area contributed by atoms with Crippen molar-refractivity contribution in [1.29, 1.82) is 0 Å². The number of hydrogen-bond donors (Lipinski definition) is 2. The fourth-order valence-corrected chi connectivity index (χ4v) is 3.66. The highest BCUT2D eigenvalue weighted by Crippen LogP contribution is 2.30. The van der Waals surface area contributed by atoms with Gasteiger partial charge in [0, 0.05) is 24.7 Å². The molecule has 138 valence electrons. The average Bonchev–Trinajstić information content (AvgIpc) is 3.04. The van der Waals surface area contributed by atoms with E-state index in [4.69, 9.17) is 5.73 Å². The second kappa shape index (κ2) is 8.15. The first-order valence-electron chi connectivity index (χ1n) is 8.63. The minimum Gasteiger partial charge on any atom is -0.341 e. The van der Waals surface area contributed by atoms with Crippen LogP contribution in [0.25, 0.3) is 0 Å². The van der Waals surface area contributed by atoms with Crippen molar-refractivity contribution >= 4 is 29.9 Å². The number of hydrogen-bond acceptors (Lipinski definition) is 3. The van der Waals surface area contributed by atoms with Crippen LogP contribution in [0.3, 0.4) is 0 Å². The van der Waals surface area contributed by atoms with E-state index >= 15 is 0 Å². The van der Waals surface area contributed by atoms with Crippen molar-refractivity contribution in [3.05, 3.63) is 30.1 Å². The van der Waals surface area contributed by atoms with Gasteiger partial charge in [-0.2, -0.15) is 0 Å². The number of carbonyl (C=O) groups is 2. The molecule has 2 amide bonds. The first-order chi connectivity index (χ1) is 11.5. The number of nitrogens with two attached hydrogens (primary N) is 1. The average molecular weight is 370 g/mol. The van der Waals surface area contributed by atoms with Gasteiger partial charge in [0.15, 0.2) is 0 Å². The highest BCUT2D eigenvalue weighted by atomic mass is 35.5. The molecule has 1 aliphatic carbocycles. The van der Waals surface area contributed by atoms with Crippen molar-refractivity contribution in [2.45, 2.75) is 44.1 Å². The third-order valence-electron chi connectivity index (χ3n) is 5.19. The van der Waals surface area contributed by atoms with Gasteiger partial charge in [-0.05, 0) is 49.9 Å². The molecule has 5 nitrogen and oxygen atoms in total. The second-order valence-electron chi connectivity index (χ2n) is 6.93. The monoisotopic (exact) mass is 369 g/mol. The molecule has 1 aromatic carbocycles. The molecule has 2 fully saturated rings. The maximum absolute atomic E-state index is 12.9. The van der Waals surface area contributed by atoms with Crippen LogP contribution < -0.4 is 11.1 Å². The molecule has 7 heteroatoms. The Morgan fingerprint density at radius 2 is 1.68 bits per heavy atom. The number of halogens is 2. The molecule has 0 aromatic heterocycles. The smallest absolute Gasteiger partial charge is 0.242 e. The third kappa shape index (κ3) is 4.50. The summed E-state index contributed by atoms with van der Waals surface area (Å²) in [5.74, 6) is -0.492. The van der Waals surface area contributed by atoms with Crippen LogP contribution in [0.4, 0.5) is 10.1 Å². The van der Waals surface area contributed by atoms with E-state index in [0.717, 1.165) is 25.7 Å². The predicted molar refractivity (Wildman–Crippen MR) is 97.0 cm³/mol. The Hall–Kier alpha value is -1.66. The lowest BCUT2D eigenvalue weighted by atomic mass is 9.92. The lowest BCUT2D eigenvalue weighted by Gasteiger charge is -2.36. The Morgan fingerprint density at radius 1 is 1.12 bits per heavy atom. The SMILES string of the molecule is Cl.NC1(C(=O)N2CCC(C(=O)Nc3ccc(F)cc3)CC2)CCCC1. The van der Waals surface area contributed by atoms with E-state index in [9.17, 15) is 14.0 Å². The van der Waals surface area contributed by atoms with Gasteiger partial charge in [-0.25, -0.2) is 4.39 Å². The molecule has 1 heterocycles. The molecule has 1 saturated heterocycles. The quantitative estimate of drug-likeness (QED) is 0.860. The summed E-state index contributed by atoms with van der Waals surface area (Å²) in [5, 5.41) is 2.81. The van der Waals surface area contributed by atoms with Crippen molar-refractivity contribution < 1.29 is 14.0 Å². The van der Waals surface area contributed by atoms with E-state index in [-0.39, 0.29) is 36.0 Å². The lowest BCUT2D eigenvalue weighted by molar-refractivity contribution is -0.139. The maximum atomic E-state index is 12.9. The standard InChI is InChI=1S/C18H24FN3O2.ClH/c19-14-3-5-15(6-4-14)21-16(23)13-7-11-22(12-8-13)17(24)18(20)9-1-2-10-18;/h3-6,13H,1-2,7-12,20H2,(H,21,23);1H. The zero-order chi connectivity index (χ0) is 17.2. The molecule has 0 spiro atoms. The van der Waals surface area contributed by atoms with Gasteiger partial charge in [0.05, 0.1) is 5.54 Å². The Bertz CT molecular complexity index is 609. The van der Waals surface area contributed by atoms with Crippen LogP contribution in [0.2, 0.25) is 0 Å². The van der Waals surface area contributed by atoms with Crippen molar-refractivity contribution in [1.82, 2.24) is 4.90 Å². The highest BCUT2D eigenvalue weighted by Gasteiger charge is 2.41. The minimum absolute atomic E-state index is 0. The van der Waals surface area contributed by atoms with Crippen molar-refractivity contribution in [3.8, 4) is 0 Å². The van der Waals surface area contributed by atoms with Crippen LogP contribution in [0.5, 0.6) is 0 Å². The van der Waals surface area contributed by atoms with Crippen molar-refractivity contribution in [2.75, 3.05) is 18.4 Å². The molecule has 3 rings (SSSR count). The summed E-state index contributed by atoms with van der Waals surface area (Å²) in [7, 11) is 0. The highest BCUT2D eigenvalue weighted by molar-refractivity contribution is 5.93. The van der Waals surface area contributed by atoms with Crippen LogP contribution in [-0.2, 0) is 9.59 Å². The fraction of sp³-hybridized carbons (Fsp3) is 0.556. The molecular formula is C18H25ClFN3O2. The molecule has 2 aliphatic rings. The Labute approximate surface area is 153 Å². The van der Waals surface area contributed by atoms with E-state index in [1.165, 1.54) is 12.1 Å². The summed E-state index contributed by atoms with van der Waals surface area (Å²) in [5.41, 5.74) is 6.14. The van der Waals surface area contributed by atoms with Gasteiger partial charge >= 0.3 is 0 Å². The summed E-state index contributed by atoms with van der Waals surface area (Å²) >= 11 is 0. The van der Waals surface area contributed by atoms with Crippen LogP contribution >= 0.6 is 12.4 Å². The number of rotatable bonds is 3. The van der Waals surface area contributed by atoms with E-state index < -0.39 is 5.54 Å². The predicted octanol–water partition coefficient (Wildman–Crippen LogP) is 2.70. The van der Waals surface area contributed by atoms with Gasteiger partial charge in [0.1, 0.15) is 5.82 Å². The van der Waals surface area contributed by atoms with Gasteiger partial charge in [0.2, 0.25) is 11.8 Å². The Morgan fingerprint density at radius 3 is 2.24 bits per heavy atom. The lowest BCUT2D eigenvalue weighted by Crippen LogP contribution is -2.55. The molecule has 3 N–H and O–H groups in total. The van der Waals surface area contributed by atoms with Gasteiger partial charge < -0.3 is 16.0 Å². The molecule has 1 aromatic rings. The van der Waals surface area contributed by atoms with Gasteiger partial charge in [-0.1, -0.05) is 12.8 Å². The summed E-state index contributed by atoms with van der Waals surface area (Å²) in [4.78, 5) is 26.7. The van der Waals surface area contributed by atoms with Crippen LogP contribution in [0.1, 0.15) is 38.5 Å². The zero-order valence-corrected chi connectivity index (χ0v) is 15.0. The molecule has 0 atom stereocenters. The molecular weight excluding hydrogens is 345 g/mol. The normalized spacial score (nSPS) is 20.0. The molecule has 0 radical (unpaired) electrons. The largest absolute Gasteiger partial charge is 0.341 e. The molecule has 1 aliphatic heterocycles. The van der Waals surface area contributed by atoms with E-state index in [0.29, 0.717) is 31.6 Å². The molecule has 0 unspecified atom stereocenters. The van der Waals surface area contributed by atoms with E-state index in [1.807, 2.05) is 4.90 Å². The number of likely N-dealkylation sites (tertiary alicyclic amines) is 1. The first kappa shape index (κ1) is 19.7. The summed E-state index contributed by atoms with van der Waals surface area (Å²) in [6.45, 7) is 1.14. The number of anilines is 1. The fourth-order valence-electron chi connectivity index (χ4n) is 3.66. The molecule has 25 heavy (non-hydrogen) atoms. The van der Waals surface area contributed by atoms with Gasteiger partial charge in [0.25, 0.3) is 0 Å². The molecule has 0 bridgehead atoms. The van der Waals surface area contributed by atoms with Gasteiger partial charge in [-0.3, -0.25) is 9.59 Å². The number of amides is 2. The topological polar surface area (TPSA) is 75.4 Å². The number of nitrogens with zero attached hydrogens (tertiary/aromatic N) is 1. The third-order valence-corrected chi connectivity index (χ3v) is 5.19. The number of piperidine rings is 1. The van der Waals surface area contributed by atoms with Crippen molar-refractivity contribution in [3.63, 3.8) is 0 Å². The van der Waals surface area contributed by atoms with E-state index in [2.05, 4.69) is 5.32 Å². The first-order valence-corrected chi connectivity index (χ1v) is 8.63. The summed E-state index contributed by atoms with van der Waals surface area (Å²) < 4.78 is 12.9. The van der Waals surface area contributed by atoms with Crippen LogP contribution in [0.15, 0.2) is 24.3 Å². The number of nitrogens with one attached hydrogen (secondary N) is 1. The van der Waals surface area contributed by atoms with Crippen LogP contribution in [0, 0.1) is 11.7 Å². The Kier molecular flexibility index (Phi) is 6.41. The maximum Gasteiger partial charge on any atom is 0.242 e. The summed E-state index contributed by atoms with van der Waals surface area (Å²) in [6.07, 6.45) is 4.81. The molecule has 1 saturated carbocycles. The minimum atomic E-state index is -0.691. The van der Waals surface area contributed by atoms with E-state index in [1.54, 1.807) is 12.1 Å². The summed E-state index contributed by atoms with van der Waals surface area (Å²) in [6, 6.07) is 5.73. The zero-order valence-electron chi connectivity index (χ0n) is 14.2. The van der Waals surface area contributed by atoms with Crippen molar-refractivity contribution in [2.24, 2.45) is 11.7 Å².